The molecule has 0 unspecified atom stereocenters. The minimum atomic E-state index is -0.580. The largest absolute Gasteiger partial charge is 0.396 e. The SMILES string of the molecule is CCC1(CO)CN(CCO)C1.C[C@@H](C(=O)c1ccc2ooc2c1)N(C)O. The Morgan fingerprint density at radius 1 is 1.31 bits per heavy atom. The molecule has 0 spiro atoms. The summed E-state index contributed by atoms with van der Waals surface area (Å²) in [6, 6.07) is 4.32. The summed E-state index contributed by atoms with van der Waals surface area (Å²) in [5.41, 5.74) is 1.81. The van der Waals surface area contributed by atoms with Crippen molar-refractivity contribution in [3.63, 3.8) is 0 Å². The Hall–Kier alpha value is -1.71. The number of nitrogens with zero attached hydrogens (tertiary/aromatic N) is 2. The van der Waals surface area contributed by atoms with E-state index in [0.717, 1.165) is 31.1 Å². The van der Waals surface area contributed by atoms with Crippen molar-refractivity contribution in [1.82, 2.24) is 9.96 Å². The summed E-state index contributed by atoms with van der Waals surface area (Å²) in [4.78, 5) is 13.9. The number of fused-ring (bicyclic) bond motifs is 1. The molecule has 3 rings (SSSR count). The number of rotatable bonds is 7. The maximum absolute atomic E-state index is 11.8. The molecule has 8 heteroatoms. The van der Waals surface area contributed by atoms with Crippen LogP contribution in [0.1, 0.15) is 30.6 Å². The van der Waals surface area contributed by atoms with Crippen molar-refractivity contribution in [2.24, 2.45) is 5.41 Å². The predicted octanol–water partition coefficient (Wildman–Crippen LogP) is 1.60. The van der Waals surface area contributed by atoms with Crippen LogP contribution in [0.5, 0.6) is 0 Å². The molecule has 1 atom stereocenters. The normalized spacial score (nSPS) is 17.7. The maximum atomic E-state index is 11.8. The predicted molar refractivity (Wildman–Crippen MR) is 95.2 cm³/mol. The van der Waals surface area contributed by atoms with Gasteiger partial charge in [0.1, 0.15) is 0 Å². The number of likely N-dealkylation sites (N-methyl/N-ethyl adjacent to an activating group) is 1. The average Bonchev–Trinajstić information content (AvgIpc) is 2.58. The average molecular weight is 368 g/mol. The molecule has 0 amide bonds. The van der Waals surface area contributed by atoms with Crippen LogP contribution in [0.15, 0.2) is 27.4 Å². The molecule has 26 heavy (non-hydrogen) atoms. The van der Waals surface area contributed by atoms with E-state index in [1.807, 2.05) is 0 Å². The lowest BCUT2D eigenvalue weighted by Crippen LogP contribution is -2.58. The molecule has 8 nitrogen and oxygen atoms in total. The van der Waals surface area contributed by atoms with Crippen LogP contribution in [-0.4, -0.2) is 77.1 Å². The number of ketones is 1. The summed E-state index contributed by atoms with van der Waals surface area (Å²) in [6.07, 6.45) is 1.03. The summed E-state index contributed by atoms with van der Waals surface area (Å²) in [5, 5.41) is 27.7. The summed E-state index contributed by atoms with van der Waals surface area (Å²) in [6.45, 7) is 6.88. The van der Waals surface area contributed by atoms with E-state index >= 15 is 0 Å². The fourth-order valence-corrected chi connectivity index (χ4v) is 2.90. The molecular formula is C18H28N2O6. The zero-order chi connectivity index (χ0) is 19.3. The summed E-state index contributed by atoms with van der Waals surface area (Å²) in [5.74, 6) is -0.168. The van der Waals surface area contributed by atoms with Gasteiger partial charge in [-0.25, -0.2) is 0 Å². The molecule has 0 saturated carbocycles. The van der Waals surface area contributed by atoms with Crippen LogP contribution >= 0.6 is 0 Å². The van der Waals surface area contributed by atoms with Crippen LogP contribution in [0, 0.1) is 5.41 Å². The highest BCUT2D eigenvalue weighted by Crippen LogP contribution is 2.32. The van der Waals surface area contributed by atoms with Gasteiger partial charge < -0.3 is 15.4 Å². The second-order valence-electron chi connectivity index (χ2n) is 6.89. The number of carbonyl (C=O) groups excluding carboxylic acids is 1. The fourth-order valence-electron chi connectivity index (χ4n) is 2.90. The van der Waals surface area contributed by atoms with E-state index in [1.54, 1.807) is 25.1 Å². The van der Waals surface area contributed by atoms with Gasteiger partial charge in [0, 0.05) is 43.7 Å². The third-order valence-electron chi connectivity index (χ3n) is 5.01. The maximum Gasteiger partial charge on any atom is 0.226 e. The van der Waals surface area contributed by atoms with Crippen LogP contribution in [-0.2, 0) is 0 Å². The smallest absolute Gasteiger partial charge is 0.226 e. The van der Waals surface area contributed by atoms with Gasteiger partial charge in [-0.2, -0.15) is 5.06 Å². The number of likely N-dealkylation sites (tertiary alicyclic amines) is 1. The number of hydroxylamine groups is 2. The molecule has 3 N–H and O–H groups in total. The Balaban J connectivity index is 0.000000197. The number of carbonyl (C=O) groups is 1. The molecule has 0 aliphatic carbocycles. The molecule has 1 aromatic carbocycles. The van der Waals surface area contributed by atoms with Gasteiger partial charge in [0.05, 0.1) is 19.3 Å². The van der Waals surface area contributed by atoms with Crippen LogP contribution in [0.4, 0.5) is 0 Å². The highest BCUT2D eigenvalue weighted by Gasteiger charge is 2.40. The molecule has 1 fully saturated rings. The molecular weight excluding hydrogens is 340 g/mol. The van der Waals surface area contributed by atoms with Crippen molar-refractivity contribution in [2.45, 2.75) is 26.3 Å². The Bertz CT molecular complexity index is 695. The third-order valence-corrected chi connectivity index (χ3v) is 5.01. The summed E-state index contributed by atoms with van der Waals surface area (Å²) >= 11 is 0. The van der Waals surface area contributed by atoms with E-state index in [9.17, 15) is 4.79 Å². The Kier molecular flexibility index (Phi) is 6.96. The molecule has 1 aromatic heterocycles. The zero-order valence-electron chi connectivity index (χ0n) is 15.5. The lowest BCUT2D eigenvalue weighted by molar-refractivity contribution is -0.0849. The molecule has 2 aromatic rings. The lowest BCUT2D eigenvalue weighted by Gasteiger charge is -2.48. The number of benzene rings is 1. The van der Waals surface area contributed by atoms with Gasteiger partial charge in [-0.3, -0.25) is 18.8 Å². The van der Waals surface area contributed by atoms with Crippen molar-refractivity contribution >= 4 is 16.9 Å². The van der Waals surface area contributed by atoms with E-state index in [1.165, 1.54) is 7.05 Å². The van der Waals surface area contributed by atoms with Crippen molar-refractivity contribution < 1.29 is 29.4 Å². The second kappa shape index (κ2) is 8.79. The zero-order valence-corrected chi connectivity index (χ0v) is 15.5. The van der Waals surface area contributed by atoms with Crippen molar-refractivity contribution in [3.8, 4) is 0 Å². The third kappa shape index (κ3) is 4.52. The van der Waals surface area contributed by atoms with Gasteiger partial charge in [-0.05, 0) is 25.5 Å². The van der Waals surface area contributed by atoms with Gasteiger partial charge >= 0.3 is 0 Å². The van der Waals surface area contributed by atoms with E-state index in [-0.39, 0.29) is 24.4 Å². The first kappa shape index (κ1) is 20.6. The number of Topliss-reactive ketones (excluding diaryl/α,β-unsaturated/α-hetero) is 1. The molecule has 1 saturated heterocycles. The van der Waals surface area contributed by atoms with Crippen molar-refractivity contribution in [1.29, 1.82) is 0 Å². The lowest BCUT2D eigenvalue weighted by atomic mass is 9.78. The fraction of sp³-hybridized carbons (Fsp3) is 0.611. The minimum absolute atomic E-state index is 0.148. The molecule has 0 bridgehead atoms. The second-order valence-corrected chi connectivity index (χ2v) is 6.89. The number of hydrogen-bond acceptors (Lipinski definition) is 8. The highest BCUT2D eigenvalue weighted by molar-refractivity contribution is 6.01. The van der Waals surface area contributed by atoms with E-state index < -0.39 is 6.04 Å². The van der Waals surface area contributed by atoms with E-state index in [0.29, 0.717) is 16.7 Å². The Labute approximate surface area is 152 Å². The topological polar surface area (TPSA) is 111 Å². The number of β-amino-alcohol motifs (C(OH)–C–C–N with tert-alkyl or cyclic N) is 1. The van der Waals surface area contributed by atoms with E-state index in [2.05, 4.69) is 21.0 Å². The van der Waals surface area contributed by atoms with Crippen LogP contribution in [0.2, 0.25) is 0 Å². The molecule has 146 valence electrons. The van der Waals surface area contributed by atoms with Gasteiger partial charge in [0.15, 0.2) is 5.78 Å². The number of aliphatic hydroxyl groups is 2. The van der Waals surface area contributed by atoms with Crippen LogP contribution < -0.4 is 0 Å². The van der Waals surface area contributed by atoms with Gasteiger partial charge in [-0.1, -0.05) is 6.92 Å². The first-order chi connectivity index (χ1) is 12.4. The monoisotopic (exact) mass is 368 g/mol. The first-order valence-corrected chi connectivity index (χ1v) is 8.74. The van der Waals surface area contributed by atoms with Crippen LogP contribution in [0.25, 0.3) is 11.2 Å². The molecule has 2 heterocycles. The number of aliphatic hydroxyl groups excluding tert-OH is 2. The van der Waals surface area contributed by atoms with Crippen molar-refractivity contribution in [2.75, 3.05) is 39.9 Å². The summed E-state index contributed by atoms with van der Waals surface area (Å²) < 4.78 is 9.33. The standard InChI is InChI=1S/C10H11NO4.C8H17NO2/c1-6(11(2)13)10(12)7-3-4-8-9(5-7)15-14-8;1-2-8(7-11)5-9(6-8)3-4-10/h3-6,13H,1-2H3;10-11H,2-7H2,1H3/t6-;/m0./s1. The Morgan fingerprint density at radius 2 is 1.96 bits per heavy atom. The van der Waals surface area contributed by atoms with Gasteiger partial charge in [-0.15, -0.1) is 0 Å². The molecule has 1 aliphatic rings. The number of hydrogen-bond donors (Lipinski definition) is 3. The molecule has 1 aliphatic heterocycles. The molecule has 0 radical (unpaired) electrons. The van der Waals surface area contributed by atoms with Crippen molar-refractivity contribution in [3.05, 3.63) is 23.8 Å². The van der Waals surface area contributed by atoms with Gasteiger partial charge in [0.2, 0.25) is 11.2 Å². The van der Waals surface area contributed by atoms with Crippen LogP contribution in [0.3, 0.4) is 0 Å². The highest BCUT2D eigenvalue weighted by atomic mass is 17.0. The Morgan fingerprint density at radius 3 is 2.38 bits per heavy atom. The quantitative estimate of drug-likeness (QED) is 0.384. The minimum Gasteiger partial charge on any atom is -0.396 e. The van der Waals surface area contributed by atoms with Gasteiger partial charge in [0.25, 0.3) is 0 Å². The van der Waals surface area contributed by atoms with E-state index in [4.69, 9.17) is 15.4 Å². The summed E-state index contributed by atoms with van der Waals surface area (Å²) in [7, 11) is 1.43. The first-order valence-electron chi connectivity index (χ1n) is 8.74.